The van der Waals surface area contributed by atoms with E-state index in [1.807, 2.05) is 0 Å². The lowest BCUT2D eigenvalue weighted by Gasteiger charge is -2.01. The van der Waals surface area contributed by atoms with E-state index in [1.165, 1.54) is 22.2 Å². The van der Waals surface area contributed by atoms with Crippen LogP contribution in [0.3, 0.4) is 0 Å². The van der Waals surface area contributed by atoms with Crippen molar-refractivity contribution in [2.75, 3.05) is 12.5 Å². The van der Waals surface area contributed by atoms with Gasteiger partial charge in [0.2, 0.25) is 0 Å². The van der Waals surface area contributed by atoms with Crippen molar-refractivity contribution in [1.82, 2.24) is 10.3 Å². The van der Waals surface area contributed by atoms with Crippen molar-refractivity contribution in [1.29, 1.82) is 0 Å². The Morgan fingerprint density at radius 1 is 1.33 bits per heavy atom. The standard InChI is InChI=1S/C12H15ClN2/c1-9-10(6-7-14-8-13)11-4-2-3-5-12(11)15-9/h2-5,14-15H,6-8H2,1H3. The molecule has 0 amide bonds. The summed E-state index contributed by atoms with van der Waals surface area (Å²) in [6, 6.07) is 8.92. The number of benzene rings is 1. The largest absolute Gasteiger partial charge is 0.358 e. The van der Waals surface area contributed by atoms with Crippen molar-refractivity contribution in [2.45, 2.75) is 13.3 Å². The second-order valence-corrected chi connectivity index (χ2v) is 3.93. The molecular formula is C12H15ClN2. The number of halogens is 1. The summed E-state index contributed by atoms with van der Waals surface area (Å²) in [5.41, 5.74) is 3.87. The number of aryl methyl sites for hydroxylation is 1. The molecule has 0 aliphatic carbocycles. The molecule has 15 heavy (non-hydrogen) atoms. The summed E-state index contributed by atoms with van der Waals surface area (Å²) in [5.74, 6) is 0. The average molecular weight is 223 g/mol. The second kappa shape index (κ2) is 4.69. The first-order valence-corrected chi connectivity index (χ1v) is 5.69. The molecule has 2 nitrogen and oxygen atoms in total. The average Bonchev–Trinajstić information content (AvgIpc) is 2.56. The van der Waals surface area contributed by atoms with Crippen LogP contribution in [0.4, 0.5) is 0 Å². The summed E-state index contributed by atoms with van der Waals surface area (Å²) < 4.78 is 0. The summed E-state index contributed by atoms with van der Waals surface area (Å²) in [5, 5.41) is 4.46. The maximum atomic E-state index is 5.58. The Balaban J connectivity index is 2.28. The number of H-pyrrole nitrogens is 1. The van der Waals surface area contributed by atoms with E-state index in [4.69, 9.17) is 11.6 Å². The van der Waals surface area contributed by atoms with Crippen molar-refractivity contribution in [3.8, 4) is 0 Å². The smallest absolute Gasteiger partial charge is 0.0713 e. The Morgan fingerprint density at radius 2 is 2.13 bits per heavy atom. The van der Waals surface area contributed by atoms with Gasteiger partial charge in [0.25, 0.3) is 0 Å². The van der Waals surface area contributed by atoms with E-state index < -0.39 is 0 Å². The van der Waals surface area contributed by atoms with Crippen LogP contribution in [0, 0.1) is 6.92 Å². The third kappa shape index (κ3) is 2.16. The van der Waals surface area contributed by atoms with E-state index >= 15 is 0 Å². The predicted molar refractivity (Wildman–Crippen MR) is 65.5 cm³/mol. The fourth-order valence-corrected chi connectivity index (χ4v) is 2.07. The molecule has 0 atom stereocenters. The molecule has 0 aliphatic rings. The molecule has 2 aromatic rings. The van der Waals surface area contributed by atoms with Gasteiger partial charge in [0, 0.05) is 23.1 Å². The van der Waals surface area contributed by atoms with Crippen molar-refractivity contribution >= 4 is 22.5 Å². The van der Waals surface area contributed by atoms with E-state index in [0.29, 0.717) is 6.00 Å². The van der Waals surface area contributed by atoms with Crippen LogP contribution in [0.5, 0.6) is 0 Å². The van der Waals surface area contributed by atoms with Crippen LogP contribution in [0.1, 0.15) is 11.3 Å². The number of nitrogens with one attached hydrogen (secondary N) is 2. The number of rotatable bonds is 4. The molecule has 80 valence electrons. The summed E-state index contributed by atoms with van der Waals surface area (Å²) in [4.78, 5) is 3.39. The Labute approximate surface area is 94.6 Å². The number of hydrogen-bond donors (Lipinski definition) is 2. The van der Waals surface area contributed by atoms with Gasteiger partial charge in [-0.2, -0.15) is 0 Å². The quantitative estimate of drug-likeness (QED) is 0.465. The summed E-state index contributed by atoms with van der Waals surface area (Å²) >= 11 is 5.58. The van der Waals surface area contributed by atoms with Crippen LogP contribution in [0.2, 0.25) is 0 Å². The zero-order chi connectivity index (χ0) is 10.7. The zero-order valence-electron chi connectivity index (χ0n) is 8.81. The molecule has 0 saturated heterocycles. The Kier molecular flexibility index (Phi) is 3.29. The lowest BCUT2D eigenvalue weighted by Crippen LogP contribution is -2.14. The third-order valence-corrected chi connectivity index (χ3v) is 2.86. The Bertz CT molecular complexity index is 448. The van der Waals surface area contributed by atoms with Gasteiger partial charge in [-0.15, -0.1) is 11.6 Å². The zero-order valence-corrected chi connectivity index (χ0v) is 9.56. The van der Waals surface area contributed by atoms with Crippen molar-refractivity contribution < 1.29 is 0 Å². The van der Waals surface area contributed by atoms with Gasteiger partial charge in [0.05, 0.1) is 6.00 Å². The first-order chi connectivity index (χ1) is 7.33. The van der Waals surface area contributed by atoms with Gasteiger partial charge in [0.1, 0.15) is 0 Å². The van der Waals surface area contributed by atoms with Gasteiger partial charge in [-0.3, -0.25) is 0 Å². The van der Waals surface area contributed by atoms with Crippen LogP contribution in [0.25, 0.3) is 10.9 Å². The molecule has 1 aromatic carbocycles. The highest BCUT2D eigenvalue weighted by Gasteiger charge is 2.06. The minimum Gasteiger partial charge on any atom is -0.358 e. The molecule has 0 saturated carbocycles. The lowest BCUT2D eigenvalue weighted by molar-refractivity contribution is 0.770. The molecule has 1 heterocycles. The van der Waals surface area contributed by atoms with E-state index in [1.54, 1.807) is 0 Å². The second-order valence-electron chi connectivity index (χ2n) is 3.66. The SMILES string of the molecule is Cc1[nH]c2ccccc2c1CCNCCl. The summed E-state index contributed by atoms with van der Waals surface area (Å²) in [6.07, 6.45) is 1.02. The first kappa shape index (κ1) is 10.5. The minimum absolute atomic E-state index is 0.515. The fourth-order valence-electron chi connectivity index (χ4n) is 1.94. The highest BCUT2D eigenvalue weighted by Crippen LogP contribution is 2.21. The van der Waals surface area contributed by atoms with Crippen LogP contribution in [0.15, 0.2) is 24.3 Å². The predicted octanol–water partition coefficient (Wildman–Crippen LogP) is 2.80. The summed E-state index contributed by atoms with van der Waals surface area (Å²) in [6.45, 7) is 3.04. The van der Waals surface area contributed by atoms with Crippen LogP contribution >= 0.6 is 11.6 Å². The molecule has 0 spiro atoms. The molecule has 1 aromatic heterocycles. The van der Waals surface area contributed by atoms with Gasteiger partial charge < -0.3 is 10.3 Å². The number of aromatic nitrogens is 1. The molecule has 3 heteroatoms. The highest BCUT2D eigenvalue weighted by molar-refractivity contribution is 6.17. The van der Waals surface area contributed by atoms with Gasteiger partial charge in [-0.05, 0) is 25.0 Å². The molecule has 0 fully saturated rings. The van der Waals surface area contributed by atoms with Gasteiger partial charge in [0.15, 0.2) is 0 Å². The van der Waals surface area contributed by atoms with Crippen molar-refractivity contribution in [3.63, 3.8) is 0 Å². The molecule has 2 rings (SSSR count). The third-order valence-electron chi connectivity index (χ3n) is 2.67. The van der Waals surface area contributed by atoms with Gasteiger partial charge in [-0.1, -0.05) is 18.2 Å². The molecule has 0 aliphatic heterocycles. The maximum absolute atomic E-state index is 5.58. The number of para-hydroxylation sites is 1. The van der Waals surface area contributed by atoms with Crippen molar-refractivity contribution in [2.24, 2.45) is 0 Å². The molecule has 2 N–H and O–H groups in total. The van der Waals surface area contributed by atoms with Crippen LogP contribution in [-0.4, -0.2) is 17.5 Å². The minimum atomic E-state index is 0.515. The lowest BCUT2D eigenvalue weighted by atomic mass is 10.1. The topological polar surface area (TPSA) is 27.8 Å². The van der Waals surface area contributed by atoms with Gasteiger partial charge >= 0.3 is 0 Å². The maximum Gasteiger partial charge on any atom is 0.0713 e. The van der Waals surface area contributed by atoms with E-state index in [0.717, 1.165) is 13.0 Å². The number of alkyl halides is 1. The molecule has 0 radical (unpaired) electrons. The molecular weight excluding hydrogens is 208 g/mol. The molecule has 0 unspecified atom stereocenters. The van der Waals surface area contributed by atoms with E-state index in [2.05, 4.69) is 41.5 Å². The monoisotopic (exact) mass is 222 g/mol. The first-order valence-electron chi connectivity index (χ1n) is 5.16. The number of fused-ring (bicyclic) bond motifs is 1. The highest BCUT2D eigenvalue weighted by atomic mass is 35.5. The summed E-state index contributed by atoms with van der Waals surface area (Å²) in [7, 11) is 0. The van der Waals surface area contributed by atoms with Crippen molar-refractivity contribution in [3.05, 3.63) is 35.5 Å². The van der Waals surface area contributed by atoms with Crippen LogP contribution in [-0.2, 0) is 6.42 Å². The molecule has 0 bridgehead atoms. The van der Waals surface area contributed by atoms with Crippen LogP contribution < -0.4 is 5.32 Å². The normalized spacial score (nSPS) is 11.1. The van der Waals surface area contributed by atoms with E-state index in [9.17, 15) is 0 Å². The van der Waals surface area contributed by atoms with E-state index in [-0.39, 0.29) is 0 Å². The fraction of sp³-hybridized carbons (Fsp3) is 0.333. The number of hydrogen-bond acceptors (Lipinski definition) is 1. The number of aromatic amines is 1. The Hall–Kier alpha value is -0.990. The Morgan fingerprint density at radius 3 is 2.93 bits per heavy atom. The van der Waals surface area contributed by atoms with Gasteiger partial charge in [-0.25, -0.2) is 0 Å².